The highest BCUT2D eigenvalue weighted by Gasteiger charge is 2.13. The lowest BCUT2D eigenvalue weighted by Gasteiger charge is -2.26. The van der Waals surface area contributed by atoms with Crippen molar-refractivity contribution in [1.82, 2.24) is 4.98 Å². The highest BCUT2D eigenvalue weighted by molar-refractivity contribution is 6.30. The second-order valence-corrected chi connectivity index (χ2v) is 4.80. The normalized spacial score (nSPS) is 11.7. The number of nitrogens with zero attached hydrogens (tertiary/aromatic N) is 3. The van der Waals surface area contributed by atoms with Crippen molar-refractivity contribution in [3.05, 3.63) is 58.7 Å². The molecule has 0 spiro atoms. The third-order valence-electron chi connectivity index (χ3n) is 3.15. The summed E-state index contributed by atoms with van der Waals surface area (Å²) in [5, 5.41) is 9.49. The maximum Gasteiger partial charge on any atom is 0.128 e. The zero-order chi connectivity index (χ0) is 13.8. The van der Waals surface area contributed by atoms with Gasteiger partial charge in [0.25, 0.3) is 0 Å². The number of rotatable bonds is 3. The first kappa shape index (κ1) is 13.4. The molecule has 1 atom stereocenters. The van der Waals surface area contributed by atoms with Crippen LogP contribution in [-0.2, 0) is 0 Å². The molecule has 0 radical (unpaired) electrons. The van der Waals surface area contributed by atoms with Crippen molar-refractivity contribution in [3.63, 3.8) is 0 Å². The number of nitriles is 1. The highest BCUT2D eigenvalue weighted by atomic mass is 35.5. The third-order valence-corrected chi connectivity index (χ3v) is 3.39. The third kappa shape index (κ3) is 3.04. The zero-order valence-corrected chi connectivity index (χ0v) is 11.6. The van der Waals surface area contributed by atoms with Gasteiger partial charge in [-0.2, -0.15) is 5.26 Å². The minimum Gasteiger partial charge on any atom is -0.353 e. The van der Waals surface area contributed by atoms with E-state index in [4.69, 9.17) is 16.9 Å². The van der Waals surface area contributed by atoms with Crippen LogP contribution < -0.4 is 4.90 Å². The van der Waals surface area contributed by atoms with E-state index in [9.17, 15) is 0 Å². The Labute approximate surface area is 118 Å². The Bertz CT molecular complexity index is 602. The Morgan fingerprint density at radius 2 is 2.11 bits per heavy atom. The Hall–Kier alpha value is -2.05. The summed E-state index contributed by atoms with van der Waals surface area (Å²) < 4.78 is 0. The fourth-order valence-electron chi connectivity index (χ4n) is 1.85. The standard InChI is InChI=1S/C15H14ClN3/c1-11(13-4-3-5-14(16)8-13)19(2)15-7-6-12(9-17)10-18-15/h3-8,10-11H,1-2H3. The second-order valence-electron chi connectivity index (χ2n) is 4.36. The summed E-state index contributed by atoms with van der Waals surface area (Å²) in [4.78, 5) is 6.34. The number of benzene rings is 1. The summed E-state index contributed by atoms with van der Waals surface area (Å²) in [6.07, 6.45) is 1.58. The molecule has 4 heteroatoms. The van der Waals surface area contributed by atoms with E-state index in [0.717, 1.165) is 16.4 Å². The van der Waals surface area contributed by atoms with Crippen LogP contribution in [0.15, 0.2) is 42.6 Å². The molecule has 1 heterocycles. The predicted octanol–water partition coefficient (Wildman–Crippen LogP) is 3.80. The molecule has 0 fully saturated rings. The van der Waals surface area contributed by atoms with Crippen LogP contribution in [-0.4, -0.2) is 12.0 Å². The number of halogens is 1. The number of hydrogen-bond acceptors (Lipinski definition) is 3. The summed E-state index contributed by atoms with van der Waals surface area (Å²) >= 11 is 6.01. The summed E-state index contributed by atoms with van der Waals surface area (Å²) in [6, 6.07) is 13.6. The number of pyridine rings is 1. The van der Waals surface area contributed by atoms with Gasteiger partial charge in [0.1, 0.15) is 11.9 Å². The summed E-state index contributed by atoms with van der Waals surface area (Å²) in [7, 11) is 1.97. The van der Waals surface area contributed by atoms with E-state index >= 15 is 0 Å². The fourth-order valence-corrected chi connectivity index (χ4v) is 2.05. The van der Waals surface area contributed by atoms with Crippen molar-refractivity contribution in [2.45, 2.75) is 13.0 Å². The van der Waals surface area contributed by atoms with Crippen LogP contribution in [0.2, 0.25) is 5.02 Å². The van der Waals surface area contributed by atoms with Gasteiger partial charge in [0.05, 0.1) is 11.6 Å². The molecule has 3 nitrogen and oxygen atoms in total. The van der Waals surface area contributed by atoms with E-state index in [2.05, 4.69) is 18.0 Å². The Morgan fingerprint density at radius 1 is 1.32 bits per heavy atom. The summed E-state index contributed by atoms with van der Waals surface area (Å²) in [6.45, 7) is 2.09. The average molecular weight is 272 g/mol. The lowest BCUT2D eigenvalue weighted by molar-refractivity contribution is 0.729. The van der Waals surface area contributed by atoms with Gasteiger partial charge in [0.15, 0.2) is 0 Å². The van der Waals surface area contributed by atoms with Gasteiger partial charge >= 0.3 is 0 Å². The Kier molecular flexibility index (Phi) is 4.03. The molecule has 0 amide bonds. The van der Waals surface area contributed by atoms with Crippen molar-refractivity contribution in [2.24, 2.45) is 0 Å². The summed E-state index contributed by atoms with van der Waals surface area (Å²) in [5.41, 5.74) is 1.69. The monoisotopic (exact) mass is 271 g/mol. The topological polar surface area (TPSA) is 39.9 Å². The van der Waals surface area contributed by atoms with Gasteiger partial charge in [-0.05, 0) is 36.8 Å². The van der Waals surface area contributed by atoms with Crippen LogP contribution in [0.4, 0.5) is 5.82 Å². The van der Waals surface area contributed by atoms with Gasteiger partial charge in [-0.1, -0.05) is 23.7 Å². The van der Waals surface area contributed by atoms with Crippen LogP contribution >= 0.6 is 11.6 Å². The molecule has 0 saturated carbocycles. The Balaban J connectivity index is 2.23. The van der Waals surface area contributed by atoms with Gasteiger partial charge in [0.2, 0.25) is 0 Å². The van der Waals surface area contributed by atoms with E-state index in [-0.39, 0.29) is 6.04 Å². The first-order valence-electron chi connectivity index (χ1n) is 5.96. The molecule has 0 aliphatic rings. The number of aromatic nitrogens is 1. The van der Waals surface area contributed by atoms with Crippen molar-refractivity contribution in [2.75, 3.05) is 11.9 Å². The van der Waals surface area contributed by atoms with Gasteiger partial charge in [0, 0.05) is 18.3 Å². The van der Waals surface area contributed by atoms with E-state index in [1.807, 2.05) is 42.3 Å². The van der Waals surface area contributed by atoms with Crippen LogP contribution in [0, 0.1) is 11.3 Å². The molecule has 2 rings (SSSR count). The SMILES string of the molecule is CC(c1cccc(Cl)c1)N(C)c1ccc(C#N)cn1. The molecule has 1 aromatic carbocycles. The van der Waals surface area contributed by atoms with E-state index in [1.165, 1.54) is 0 Å². The van der Waals surface area contributed by atoms with Crippen LogP contribution in [0.5, 0.6) is 0 Å². The zero-order valence-electron chi connectivity index (χ0n) is 10.8. The second kappa shape index (κ2) is 5.73. The molecular weight excluding hydrogens is 258 g/mol. The quantitative estimate of drug-likeness (QED) is 0.852. The predicted molar refractivity (Wildman–Crippen MR) is 77.2 cm³/mol. The molecule has 0 bridgehead atoms. The van der Waals surface area contributed by atoms with Gasteiger partial charge in [-0.25, -0.2) is 4.98 Å². The molecule has 19 heavy (non-hydrogen) atoms. The Morgan fingerprint density at radius 3 is 2.68 bits per heavy atom. The molecule has 1 unspecified atom stereocenters. The molecule has 0 saturated heterocycles. The van der Waals surface area contributed by atoms with Crippen LogP contribution in [0.1, 0.15) is 24.1 Å². The van der Waals surface area contributed by atoms with Gasteiger partial charge in [-0.15, -0.1) is 0 Å². The van der Waals surface area contributed by atoms with E-state index in [0.29, 0.717) is 5.56 Å². The average Bonchev–Trinajstić information content (AvgIpc) is 2.46. The van der Waals surface area contributed by atoms with E-state index in [1.54, 1.807) is 12.3 Å². The molecule has 1 aromatic heterocycles. The van der Waals surface area contributed by atoms with E-state index < -0.39 is 0 Å². The van der Waals surface area contributed by atoms with Crippen LogP contribution in [0.25, 0.3) is 0 Å². The van der Waals surface area contributed by atoms with Gasteiger partial charge < -0.3 is 4.90 Å². The minimum atomic E-state index is 0.152. The molecule has 0 N–H and O–H groups in total. The minimum absolute atomic E-state index is 0.152. The molecular formula is C15H14ClN3. The summed E-state index contributed by atoms with van der Waals surface area (Å²) in [5.74, 6) is 0.825. The smallest absolute Gasteiger partial charge is 0.128 e. The first-order chi connectivity index (χ1) is 9.11. The van der Waals surface area contributed by atoms with Crippen molar-refractivity contribution >= 4 is 17.4 Å². The van der Waals surface area contributed by atoms with Crippen molar-refractivity contribution in [3.8, 4) is 6.07 Å². The molecule has 0 aliphatic heterocycles. The van der Waals surface area contributed by atoms with Gasteiger partial charge in [-0.3, -0.25) is 0 Å². The lowest BCUT2D eigenvalue weighted by atomic mass is 10.1. The lowest BCUT2D eigenvalue weighted by Crippen LogP contribution is -2.22. The number of anilines is 1. The van der Waals surface area contributed by atoms with Crippen molar-refractivity contribution < 1.29 is 0 Å². The first-order valence-corrected chi connectivity index (χ1v) is 6.34. The molecule has 2 aromatic rings. The molecule has 0 aliphatic carbocycles. The fraction of sp³-hybridized carbons (Fsp3) is 0.200. The maximum absolute atomic E-state index is 8.77. The van der Waals surface area contributed by atoms with Crippen molar-refractivity contribution in [1.29, 1.82) is 5.26 Å². The highest BCUT2D eigenvalue weighted by Crippen LogP contribution is 2.25. The maximum atomic E-state index is 8.77. The largest absolute Gasteiger partial charge is 0.353 e. The van der Waals surface area contributed by atoms with Crippen LogP contribution in [0.3, 0.4) is 0 Å². The number of hydrogen-bond donors (Lipinski definition) is 0. The molecule has 96 valence electrons.